The van der Waals surface area contributed by atoms with Crippen LogP contribution in [-0.4, -0.2) is 35.6 Å². The third-order valence-corrected chi connectivity index (χ3v) is 6.74. The Labute approximate surface area is 208 Å². The van der Waals surface area contributed by atoms with E-state index in [1.165, 1.54) is 12.1 Å². The molecule has 3 aromatic rings. The summed E-state index contributed by atoms with van der Waals surface area (Å²) < 4.78 is 19.6. The van der Waals surface area contributed by atoms with Crippen molar-refractivity contribution in [2.24, 2.45) is 10.7 Å². The van der Waals surface area contributed by atoms with Crippen LogP contribution in [0.4, 0.5) is 15.9 Å². The summed E-state index contributed by atoms with van der Waals surface area (Å²) in [5.74, 6) is 3.01. The Kier molecular flexibility index (Phi) is 5.61. The van der Waals surface area contributed by atoms with E-state index in [1.54, 1.807) is 6.33 Å². The SMILES string of the molecule is Cc1ncnc(N2CCOc3ccc(N4C=CC5=NC(N)=C[NH+]5C4)cc3C2)c1Cc1ccc(F)cc1. The van der Waals surface area contributed by atoms with Gasteiger partial charge in [0.25, 0.3) is 0 Å². The minimum atomic E-state index is -0.241. The van der Waals surface area contributed by atoms with Gasteiger partial charge in [0.05, 0.1) is 6.54 Å². The molecule has 1 unspecified atom stereocenters. The first-order valence-corrected chi connectivity index (χ1v) is 12.0. The van der Waals surface area contributed by atoms with E-state index in [2.05, 4.69) is 36.9 Å². The number of quaternary nitrogens is 1. The zero-order valence-corrected chi connectivity index (χ0v) is 20.0. The molecule has 2 aromatic carbocycles. The molecule has 3 N–H and O–H groups in total. The number of ether oxygens (including phenoxy) is 1. The molecule has 9 heteroatoms. The molecule has 1 aromatic heterocycles. The molecule has 0 aliphatic carbocycles. The van der Waals surface area contributed by atoms with Gasteiger partial charge in [0.15, 0.2) is 12.5 Å². The normalized spacial score (nSPS) is 18.7. The number of rotatable bonds is 4. The lowest BCUT2D eigenvalue weighted by molar-refractivity contribution is -0.743. The maximum absolute atomic E-state index is 13.4. The number of fused-ring (bicyclic) bond motifs is 2. The highest BCUT2D eigenvalue weighted by Crippen LogP contribution is 2.32. The number of aromatic nitrogens is 2. The van der Waals surface area contributed by atoms with Crippen LogP contribution in [0.3, 0.4) is 0 Å². The zero-order valence-electron chi connectivity index (χ0n) is 20.0. The molecule has 0 fully saturated rings. The van der Waals surface area contributed by atoms with Gasteiger partial charge in [-0.1, -0.05) is 12.1 Å². The molecule has 0 amide bonds. The predicted molar refractivity (Wildman–Crippen MR) is 136 cm³/mol. The van der Waals surface area contributed by atoms with Gasteiger partial charge in [-0.15, -0.1) is 0 Å². The zero-order chi connectivity index (χ0) is 24.6. The first-order valence-electron chi connectivity index (χ1n) is 12.0. The second-order valence-corrected chi connectivity index (χ2v) is 9.16. The van der Waals surface area contributed by atoms with Gasteiger partial charge < -0.3 is 15.4 Å². The van der Waals surface area contributed by atoms with E-state index in [1.807, 2.05) is 43.6 Å². The number of hydrogen-bond donors (Lipinski definition) is 2. The van der Waals surface area contributed by atoms with Crippen LogP contribution in [0.15, 0.2) is 78.1 Å². The third kappa shape index (κ3) is 4.29. The van der Waals surface area contributed by atoms with Crippen molar-refractivity contribution in [3.8, 4) is 5.75 Å². The van der Waals surface area contributed by atoms with Gasteiger partial charge in [-0.05, 0) is 42.8 Å². The predicted octanol–water partition coefficient (Wildman–Crippen LogP) is 2.26. The molecule has 0 bridgehead atoms. The Morgan fingerprint density at radius 2 is 2.00 bits per heavy atom. The fourth-order valence-corrected chi connectivity index (χ4v) is 4.85. The summed E-state index contributed by atoms with van der Waals surface area (Å²) in [6, 6.07) is 12.9. The van der Waals surface area contributed by atoms with Gasteiger partial charge in [-0.3, -0.25) is 4.90 Å². The Bertz CT molecular complexity index is 1400. The molecule has 0 saturated heterocycles. The fourth-order valence-electron chi connectivity index (χ4n) is 4.85. The van der Waals surface area contributed by atoms with Crippen LogP contribution in [-0.2, 0) is 13.0 Å². The lowest BCUT2D eigenvalue weighted by Crippen LogP contribution is -3.11. The molecule has 3 aliphatic heterocycles. The Hall–Kier alpha value is -4.24. The molecule has 8 nitrogen and oxygen atoms in total. The molecular weight excluding hydrogens is 457 g/mol. The molecule has 0 spiro atoms. The first kappa shape index (κ1) is 22.2. The van der Waals surface area contributed by atoms with Crippen molar-refractivity contribution in [2.45, 2.75) is 19.9 Å². The van der Waals surface area contributed by atoms with Gasteiger partial charge in [0.1, 0.15) is 36.5 Å². The summed E-state index contributed by atoms with van der Waals surface area (Å²) in [4.78, 5) is 19.0. The van der Waals surface area contributed by atoms with E-state index in [4.69, 9.17) is 10.5 Å². The van der Waals surface area contributed by atoms with E-state index in [-0.39, 0.29) is 5.82 Å². The lowest BCUT2D eigenvalue weighted by Gasteiger charge is -2.27. The highest BCUT2D eigenvalue weighted by atomic mass is 19.1. The van der Waals surface area contributed by atoms with Crippen molar-refractivity contribution in [3.63, 3.8) is 0 Å². The number of hydrogen-bond acceptors (Lipinski definition) is 7. The van der Waals surface area contributed by atoms with E-state index in [9.17, 15) is 4.39 Å². The molecule has 0 saturated carbocycles. The monoisotopic (exact) mass is 484 g/mol. The lowest BCUT2D eigenvalue weighted by atomic mass is 10.0. The van der Waals surface area contributed by atoms with Crippen molar-refractivity contribution >= 4 is 17.3 Å². The van der Waals surface area contributed by atoms with Crippen LogP contribution < -0.4 is 25.2 Å². The fraction of sp³-hybridized carbons (Fsp3) is 0.222. The van der Waals surface area contributed by atoms with Crippen LogP contribution in [0.25, 0.3) is 0 Å². The van der Waals surface area contributed by atoms with E-state index in [0.29, 0.717) is 38.6 Å². The Morgan fingerprint density at radius 1 is 1.14 bits per heavy atom. The number of aliphatic imine (C=N–C) groups is 1. The number of aryl methyl sites for hydroxylation is 1. The minimum absolute atomic E-state index is 0.241. The second-order valence-electron chi connectivity index (χ2n) is 9.16. The largest absolute Gasteiger partial charge is 0.491 e. The number of amidine groups is 1. The molecular formula is C27H27FN7O+. The van der Waals surface area contributed by atoms with Gasteiger partial charge in [-0.2, -0.15) is 4.99 Å². The van der Waals surface area contributed by atoms with Crippen LogP contribution in [0.5, 0.6) is 5.75 Å². The number of benzene rings is 2. The van der Waals surface area contributed by atoms with Gasteiger partial charge in [0, 0.05) is 47.7 Å². The summed E-state index contributed by atoms with van der Waals surface area (Å²) in [5.41, 5.74) is 11.0. The quantitative estimate of drug-likeness (QED) is 0.591. The molecule has 4 heterocycles. The van der Waals surface area contributed by atoms with Gasteiger partial charge >= 0.3 is 0 Å². The third-order valence-electron chi connectivity index (χ3n) is 6.74. The summed E-state index contributed by atoms with van der Waals surface area (Å²) in [5, 5.41) is 0. The summed E-state index contributed by atoms with van der Waals surface area (Å²) >= 11 is 0. The van der Waals surface area contributed by atoms with Crippen molar-refractivity contribution in [1.82, 2.24) is 9.97 Å². The van der Waals surface area contributed by atoms with Crippen molar-refractivity contribution in [2.75, 3.05) is 29.6 Å². The molecule has 182 valence electrons. The smallest absolute Gasteiger partial charge is 0.235 e. The number of anilines is 2. The average molecular weight is 485 g/mol. The topological polar surface area (TPSA) is 84.3 Å². The van der Waals surface area contributed by atoms with Crippen LogP contribution in [0.2, 0.25) is 0 Å². The molecule has 36 heavy (non-hydrogen) atoms. The molecule has 6 rings (SSSR count). The van der Waals surface area contributed by atoms with E-state index >= 15 is 0 Å². The number of nitrogens with two attached hydrogens (primary N) is 1. The summed E-state index contributed by atoms with van der Waals surface area (Å²) in [6.07, 6.45) is 8.21. The maximum atomic E-state index is 13.4. The maximum Gasteiger partial charge on any atom is 0.235 e. The van der Waals surface area contributed by atoms with Crippen molar-refractivity contribution in [1.29, 1.82) is 0 Å². The van der Waals surface area contributed by atoms with Crippen LogP contribution in [0.1, 0.15) is 22.4 Å². The average Bonchev–Trinajstić information content (AvgIpc) is 3.12. The standard InChI is InChI=1S/C27H26FN7O/c1-18-23(12-19-2-4-21(28)5-3-19)27(31-16-30-18)33-10-11-36-24-7-6-22(13-20(24)14-33)34-9-8-26-32-25(29)15-35(26)17-34/h2-9,13,15-16H,10-12,14,17,29H2,1H3/p+1. The van der Waals surface area contributed by atoms with Gasteiger partial charge in [0.2, 0.25) is 5.84 Å². The second kappa shape index (κ2) is 9.09. The Morgan fingerprint density at radius 3 is 2.86 bits per heavy atom. The number of halogens is 1. The molecule has 0 radical (unpaired) electrons. The Balaban J connectivity index is 1.29. The van der Waals surface area contributed by atoms with Crippen LogP contribution >= 0.6 is 0 Å². The van der Waals surface area contributed by atoms with Crippen molar-refractivity contribution < 1.29 is 14.0 Å². The summed E-state index contributed by atoms with van der Waals surface area (Å²) in [6.45, 7) is 4.61. The molecule has 1 atom stereocenters. The van der Waals surface area contributed by atoms with E-state index in [0.717, 1.165) is 50.4 Å². The first-order chi connectivity index (χ1) is 17.5. The van der Waals surface area contributed by atoms with E-state index < -0.39 is 0 Å². The number of nitrogens with zero attached hydrogens (tertiary/aromatic N) is 5. The minimum Gasteiger partial charge on any atom is -0.491 e. The van der Waals surface area contributed by atoms with Gasteiger partial charge in [-0.25, -0.2) is 19.3 Å². The van der Waals surface area contributed by atoms with Crippen molar-refractivity contribution in [3.05, 3.63) is 101 Å². The number of nitrogens with one attached hydrogen (secondary N) is 1. The molecule has 3 aliphatic rings. The highest BCUT2D eigenvalue weighted by molar-refractivity contribution is 5.89. The summed E-state index contributed by atoms with van der Waals surface area (Å²) in [7, 11) is 0. The van der Waals surface area contributed by atoms with Crippen LogP contribution in [0, 0.1) is 12.7 Å². The highest BCUT2D eigenvalue weighted by Gasteiger charge is 2.27.